The average molecular weight is 356 g/mol. The second-order valence-electron chi connectivity index (χ2n) is 5.64. The lowest BCUT2D eigenvalue weighted by Gasteiger charge is -2.13. The molecule has 2 aromatic rings. The molecule has 0 saturated heterocycles. The van der Waals surface area contributed by atoms with Gasteiger partial charge in [-0.05, 0) is 37.6 Å². The third kappa shape index (κ3) is 4.56. The predicted octanol–water partition coefficient (Wildman–Crippen LogP) is 2.46. The lowest BCUT2D eigenvalue weighted by atomic mass is 10.2. The Morgan fingerprint density at radius 3 is 2.92 bits per heavy atom. The van der Waals surface area contributed by atoms with Crippen LogP contribution in [-0.2, 0) is 13.1 Å². The summed E-state index contributed by atoms with van der Waals surface area (Å²) in [7, 11) is 0. The molecule has 0 atom stereocenters. The van der Waals surface area contributed by atoms with Gasteiger partial charge in [-0.3, -0.25) is 0 Å². The van der Waals surface area contributed by atoms with Crippen molar-refractivity contribution >= 4 is 5.96 Å². The van der Waals surface area contributed by atoms with Crippen molar-refractivity contribution in [1.29, 1.82) is 0 Å². The van der Waals surface area contributed by atoms with Gasteiger partial charge in [0.2, 0.25) is 12.7 Å². The highest BCUT2D eigenvalue weighted by atomic mass is 16.7. The zero-order valence-corrected chi connectivity index (χ0v) is 15.1. The van der Waals surface area contributed by atoms with Crippen LogP contribution in [0.4, 0.5) is 0 Å². The fourth-order valence-electron chi connectivity index (χ4n) is 2.56. The van der Waals surface area contributed by atoms with Crippen molar-refractivity contribution < 1.29 is 14.2 Å². The second-order valence-corrected chi connectivity index (χ2v) is 5.64. The van der Waals surface area contributed by atoms with Gasteiger partial charge in [0.25, 0.3) is 0 Å². The topological polar surface area (TPSA) is 77.0 Å². The number of nitrogens with one attached hydrogen (secondary N) is 2. The Morgan fingerprint density at radius 2 is 2.08 bits per heavy atom. The summed E-state index contributed by atoms with van der Waals surface area (Å²) in [6.45, 7) is 6.74. The van der Waals surface area contributed by atoms with Crippen LogP contribution in [0.2, 0.25) is 0 Å². The smallest absolute Gasteiger partial charge is 0.231 e. The molecule has 1 aromatic carbocycles. The maximum absolute atomic E-state index is 5.56. The minimum atomic E-state index is 0.277. The minimum Gasteiger partial charge on any atom is -0.478 e. The Kier molecular flexibility index (Phi) is 6.14. The molecule has 0 saturated carbocycles. The summed E-state index contributed by atoms with van der Waals surface area (Å²) in [4.78, 5) is 8.91. The number of nitrogens with zero attached hydrogens (tertiary/aromatic N) is 2. The van der Waals surface area contributed by atoms with E-state index < -0.39 is 0 Å². The molecular weight excluding hydrogens is 332 g/mol. The first-order valence-electron chi connectivity index (χ1n) is 8.77. The quantitative estimate of drug-likeness (QED) is 0.586. The second kappa shape index (κ2) is 8.94. The van der Waals surface area contributed by atoms with Gasteiger partial charge in [-0.25, -0.2) is 9.98 Å². The van der Waals surface area contributed by atoms with E-state index in [0.29, 0.717) is 25.6 Å². The molecule has 138 valence electrons. The zero-order chi connectivity index (χ0) is 18.2. The number of aromatic nitrogens is 1. The number of benzene rings is 1. The maximum Gasteiger partial charge on any atom is 0.231 e. The molecule has 7 nitrogen and oxygen atoms in total. The highest BCUT2D eigenvalue weighted by molar-refractivity contribution is 5.79. The van der Waals surface area contributed by atoms with E-state index in [2.05, 4.69) is 20.6 Å². The molecule has 2 N–H and O–H groups in total. The molecule has 0 aliphatic carbocycles. The van der Waals surface area contributed by atoms with Gasteiger partial charge in [0, 0.05) is 24.8 Å². The summed E-state index contributed by atoms with van der Waals surface area (Å²) in [6, 6.07) is 9.76. The van der Waals surface area contributed by atoms with Crippen LogP contribution in [0.5, 0.6) is 17.4 Å². The lowest BCUT2D eigenvalue weighted by molar-refractivity contribution is 0.174. The number of ether oxygens (including phenoxy) is 3. The van der Waals surface area contributed by atoms with Gasteiger partial charge in [-0.2, -0.15) is 0 Å². The third-order valence-corrected chi connectivity index (χ3v) is 3.78. The standard InChI is InChI=1S/C19H24N4O3/c1-3-20-19(23-12-15-6-5-9-21-18(15)24-4-2)22-11-14-7-8-16-17(10-14)26-13-25-16/h5-10H,3-4,11-13H2,1-2H3,(H2,20,22,23). The Bertz CT molecular complexity index is 764. The molecule has 3 rings (SSSR count). The average Bonchev–Trinajstić information content (AvgIpc) is 3.13. The van der Waals surface area contributed by atoms with Crippen molar-refractivity contribution in [3.63, 3.8) is 0 Å². The van der Waals surface area contributed by atoms with E-state index in [-0.39, 0.29) is 6.79 Å². The van der Waals surface area contributed by atoms with Crippen molar-refractivity contribution in [2.75, 3.05) is 19.9 Å². The summed E-state index contributed by atoms with van der Waals surface area (Å²) in [5.41, 5.74) is 2.05. The molecule has 1 aromatic heterocycles. The number of hydrogen-bond donors (Lipinski definition) is 2. The van der Waals surface area contributed by atoms with Crippen LogP contribution in [0.25, 0.3) is 0 Å². The highest BCUT2D eigenvalue weighted by Crippen LogP contribution is 2.32. The number of fused-ring (bicyclic) bond motifs is 1. The molecule has 0 bridgehead atoms. The molecule has 7 heteroatoms. The van der Waals surface area contributed by atoms with Gasteiger partial charge in [-0.15, -0.1) is 0 Å². The lowest BCUT2D eigenvalue weighted by Crippen LogP contribution is -2.36. The SMILES string of the molecule is CCNC(=NCc1ccc2c(c1)OCO2)NCc1cccnc1OCC. The zero-order valence-electron chi connectivity index (χ0n) is 15.1. The maximum atomic E-state index is 5.56. The largest absolute Gasteiger partial charge is 0.478 e. The molecule has 0 unspecified atom stereocenters. The first-order chi connectivity index (χ1) is 12.8. The van der Waals surface area contributed by atoms with Crippen molar-refractivity contribution in [2.45, 2.75) is 26.9 Å². The van der Waals surface area contributed by atoms with Crippen LogP contribution in [0.1, 0.15) is 25.0 Å². The predicted molar refractivity (Wildman–Crippen MR) is 99.6 cm³/mol. The van der Waals surface area contributed by atoms with Gasteiger partial charge in [0.05, 0.1) is 13.2 Å². The molecule has 0 spiro atoms. The summed E-state index contributed by atoms with van der Waals surface area (Å²) < 4.78 is 16.3. The summed E-state index contributed by atoms with van der Waals surface area (Å²) in [5, 5.41) is 6.57. The van der Waals surface area contributed by atoms with Crippen LogP contribution in [0.3, 0.4) is 0 Å². The molecule has 0 radical (unpaired) electrons. The van der Waals surface area contributed by atoms with Crippen molar-refractivity contribution in [1.82, 2.24) is 15.6 Å². The van der Waals surface area contributed by atoms with Crippen molar-refractivity contribution in [2.24, 2.45) is 4.99 Å². The van der Waals surface area contributed by atoms with Gasteiger partial charge < -0.3 is 24.8 Å². The number of rotatable bonds is 7. The fourth-order valence-corrected chi connectivity index (χ4v) is 2.56. The Labute approximate surface area is 153 Å². The van der Waals surface area contributed by atoms with Crippen molar-refractivity contribution in [3.8, 4) is 17.4 Å². The van der Waals surface area contributed by atoms with Crippen LogP contribution in [-0.4, -0.2) is 30.9 Å². The third-order valence-electron chi connectivity index (χ3n) is 3.78. The molecule has 26 heavy (non-hydrogen) atoms. The molecule has 0 amide bonds. The van der Waals surface area contributed by atoms with E-state index in [0.717, 1.165) is 35.1 Å². The van der Waals surface area contributed by atoms with Crippen molar-refractivity contribution in [3.05, 3.63) is 47.7 Å². The first kappa shape index (κ1) is 17.8. The summed E-state index contributed by atoms with van der Waals surface area (Å²) >= 11 is 0. The van der Waals surface area contributed by atoms with Crippen LogP contribution >= 0.6 is 0 Å². The molecular formula is C19H24N4O3. The number of guanidine groups is 1. The normalized spacial score (nSPS) is 12.8. The van der Waals surface area contributed by atoms with E-state index in [9.17, 15) is 0 Å². The summed E-state index contributed by atoms with van der Waals surface area (Å²) in [5.74, 6) is 2.93. The fraction of sp³-hybridized carbons (Fsp3) is 0.368. The van der Waals surface area contributed by atoms with E-state index >= 15 is 0 Å². The van der Waals surface area contributed by atoms with E-state index in [1.807, 2.05) is 44.2 Å². The van der Waals surface area contributed by atoms with E-state index in [1.54, 1.807) is 6.20 Å². The Balaban J connectivity index is 1.64. The van der Waals surface area contributed by atoms with Gasteiger partial charge in [-0.1, -0.05) is 12.1 Å². The number of pyridine rings is 1. The van der Waals surface area contributed by atoms with E-state index in [1.165, 1.54) is 0 Å². The monoisotopic (exact) mass is 356 g/mol. The first-order valence-corrected chi connectivity index (χ1v) is 8.77. The highest BCUT2D eigenvalue weighted by Gasteiger charge is 2.13. The van der Waals surface area contributed by atoms with Gasteiger partial charge in [0.1, 0.15) is 0 Å². The molecule has 1 aliphatic heterocycles. The van der Waals surface area contributed by atoms with Crippen LogP contribution < -0.4 is 24.8 Å². The molecule has 2 heterocycles. The van der Waals surface area contributed by atoms with Gasteiger partial charge >= 0.3 is 0 Å². The Morgan fingerprint density at radius 1 is 1.19 bits per heavy atom. The Hall–Kier alpha value is -2.96. The minimum absolute atomic E-state index is 0.277. The number of aliphatic imine (C=N–C) groups is 1. The van der Waals surface area contributed by atoms with Crippen LogP contribution in [0, 0.1) is 0 Å². The van der Waals surface area contributed by atoms with Crippen LogP contribution in [0.15, 0.2) is 41.5 Å². The van der Waals surface area contributed by atoms with Gasteiger partial charge in [0.15, 0.2) is 17.5 Å². The molecule has 1 aliphatic rings. The number of hydrogen-bond acceptors (Lipinski definition) is 5. The molecule has 0 fully saturated rings. The van der Waals surface area contributed by atoms with E-state index in [4.69, 9.17) is 14.2 Å². The summed E-state index contributed by atoms with van der Waals surface area (Å²) in [6.07, 6.45) is 1.73.